The van der Waals surface area contributed by atoms with Crippen LogP contribution in [0, 0.1) is 11.6 Å². The molecule has 0 bridgehead atoms. The van der Waals surface area contributed by atoms with Gasteiger partial charge < -0.3 is 15.0 Å². The molecule has 2 atom stereocenters. The number of hydrogen-bond donors (Lipinski definition) is 1. The molecule has 2 aromatic carbocycles. The molecule has 0 aliphatic carbocycles. The number of carbonyl (C=O) groups is 2. The van der Waals surface area contributed by atoms with Crippen molar-refractivity contribution in [1.82, 2.24) is 10.2 Å². The fraction of sp³-hybridized carbons (Fsp3) is 0.417. The Morgan fingerprint density at radius 3 is 2.34 bits per heavy atom. The molecule has 35 heavy (non-hydrogen) atoms. The number of amides is 2. The van der Waals surface area contributed by atoms with Crippen molar-refractivity contribution in [3.05, 3.63) is 59.7 Å². The van der Waals surface area contributed by atoms with Crippen molar-refractivity contribution < 1.29 is 31.5 Å². The molecular weight excluding hydrogens is 480 g/mol. The van der Waals surface area contributed by atoms with E-state index >= 15 is 0 Å². The Kier molecular flexibility index (Phi) is 9.58. The molecule has 0 aromatic heterocycles. The lowest BCUT2D eigenvalue weighted by atomic mass is 10.1. The summed E-state index contributed by atoms with van der Waals surface area (Å²) < 4.78 is 58.0. The Balaban J connectivity index is 2.42. The predicted octanol–water partition coefficient (Wildman–Crippen LogP) is 3.07. The summed E-state index contributed by atoms with van der Waals surface area (Å²) in [5, 5.41) is 2.82. The van der Waals surface area contributed by atoms with E-state index in [0.29, 0.717) is 28.1 Å². The molecule has 0 aliphatic heterocycles. The second-order valence-corrected chi connectivity index (χ2v) is 10.1. The molecule has 2 aromatic rings. The number of rotatable bonds is 11. The molecule has 0 unspecified atom stereocenters. The smallest absolute Gasteiger partial charge is 0.244 e. The minimum absolute atomic E-state index is 0.0134. The number of halogens is 2. The molecule has 0 heterocycles. The Labute approximate surface area is 204 Å². The van der Waals surface area contributed by atoms with Gasteiger partial charge in [-0.1, -0.05) is 19.1 Å². The van der Waals surface area contributed by atoms with Gasteiger partial charge in [0.25, 0.3) is 0 Å². The van der Waals surface area contributed by atoms with Gasteiger partial charge in [0, 0.05) is 18.7 Å². The van der Waals surface area contributed by atoms with Crippen LogP contribution in [-0.4, -0.2) is 57.1 Å². The van der Waals surface area contributed by atoms with Crippen molar-refractivity contribution in [2.24, 2.45) is 0 Å². The number of benzene rings is 2. The fourth-order valence-electron chi connectivity index (χ4n) is 3.27. The van der Waals surface area contributed by atoms with Crippen LogP contribution in [0.15, 0.2) is 42.5 Å². The van der Waals surface area contributed by atoms with Crippen LogP contribution in [0.25, 0.3) is 0 Å². The summed E-state index contributed by atoms with van der Waals surface area (Å²) in [5.74, 6) is -2.96. The average molecular weight is 512 g/mol. The van der Waals surface area contributed by atoms with Gasteiger partial charge in [0.05, 0.1) is 19.1 Å². The molecule has 0 aliphatic rings. The third-order valence-electron chi connectivity index (χ3n) is 5.53. The number of nitrogens with zero attached hydrogens (tertiary/aromatic N) is 2. The van der Waals surface area contributed by atoms with E-state index in [9.17, 15) is 26.8 Å². The number of hydrogen-bond acceptors (Lipinski definition) is 5. The highest BCUT2D eigenvalue weighted by molar-refractivity contribution is 7.92. The van der Waals surface area contributed by atoms with Gasteiger partial charge >= 0.3 is 0 Å². The van der Waals surface area contributed by atoms with E-state index in [0.717, 1.165) is 18.4 Å². The van der Waals surface area contributed by atoms with Crippen LogP contribution in [0.4, 0.5) is 14.5 Å². The average Bonchev–Trinajstić information content (AvgIpc) is 2.81. The lowest BCUT2D eigenvalue weighted by Crippen LogP contribution is -2.52. The van der Waals surface area contributed by atoms with E-state index in [1.807, 2.05) is 13.8 Å². The summed E-state index contributed by atoms with van der Waals surface area (Å²) in [6.07, 6.45) is 1.54. The zero-order chi connectivity index (χ0) is 26.3. The maximum absolute atomic E-state index is 13.8. The fourth-order valence-corrected chi connectivity index (χ4v) is 4.11. The molecule has 2 rings (SSSR count). The van der Waals surface area contributed by atoms with E-state index < -0.39 is 46.1 Å². The van der Waals surface area contributed by atoms with Crippen molar-refractivity contribution in [1.29, 1.82) is 0 Å². The first-order chi connectivity index (χ1) is 16.4. The molecule has 1 N–H and O–H groups in total. The van der Waals surface area contributed by atoms with Crippen molar-refractivity contribution in [2.45, 2.75) is 45.8 Å². The molecule has 0 saturated heterocycles. The van der Waals surface area contributed by atoms with Crippen LogP contribution >= 0.6 is 0 Å². The lowest BCUT2D eigenvalue weighted by Gasteiger charge is -2.32. The topological polar surface area (TPSA) is 96.0 Å². The minimum Gasteiger partial charge on any atom is -0.497 e. The van der Waals surface area contributed by atoms with Crippen LogP contribution in [0.3, 0.4) is 0 Å². The second kappa shape index (κ2) is 12.0. The van der Waals surface area contributed by atoms with Gasteiger partial charge in [0.2, 0.25) is 21.8 Å². The van der Waals surface area contributed by atoms with Crippen LogP contribution in [0.2, 0.25) is 0 Å². The van der Waals surface area contributed by atoms with Crippen LogP contribution in [0.1, 0.15) is 32.8 Å². The van der Waals surface area contributed by atoms with E-state index in [4.69, 9.17) is 4.74 Å². The Bertz CT molecular complexity index is 1160. The summed E-state index contributed by atoms with van der Waals surface area (Å²) in [4.78, 5) is 27.5. The van der Waals surface area contributed by atoms with Gasteiger partial charge in [-0.3, -0.25) is 13.9 Å². The summed E-state index contributed by atoms with van der Waals surface area (Å²) in [6.45, 7) is 4.54. The highest BCUT2D eigenvalue weighted by atomic mass is 32.2. The van der Waals surface area contributed by atoms with Gasteiger partial charge in [-0.2, -0.15) is 0 Å². The predicted molar refractivity (Wildman–Crippen MR) is 129 cm³/mol. The van der Waals surface area contributed by atoms with Crippen molar-refractivity contribution >= 4 is 27.5 Å². The van der Waals surface area contributed by atoms with E-state index in [2.05, 4.69) is 5.32 Å². The molecular formula is C24H31F2N3O5S. The highest BCUT2D eigenvalue weighted by Crippen LogP contribution is 2.22. The number of carbonyl (C=O) groups excluding carboxylic acids is 2. The molecule has 0 spiro atoms. The molecule has 11 heteroatoms. The van der Waals surface area contributed by atoms with Crippen LogP contribution in [-0.2, 0) is 26.2 Å². The van der Waals surface area contributed by atoms with Crippen molar-refractivity contribution in [2.75, 3.05) is 24.2 Å². The zero-order valence-electron chi connectivity index (χ0n) is 20.4. The second-order valence-electron chi connectivity index (χ2n) is 8.24. The van der Waals surface area contributed by atoms with E-state index in [1.54, 1.807) is 24.3 Å². The number of anilines is 1. The molecule has 0 fully saturated rings. The summed E-state index contributed by atoms with van der Waals surface area (Å²) in [7, 11) is -2.56. The first kappa shape index (κ1) is 28.0. The van der Waals surface area contributed by atoms with Crippen molar-refractivity contribution in [3.8, 4) is 5.75 Å². The third-order valence-corrected chi connectivity index (χ3v) is 6.67. The quantitative estimate of drug-likeness (QED) is 0.500. The molecule has 8 nitrogen and oxygen atoms in total. The zero-order valence-corrected chi connectivity index (χ0v) is 21.2. The first-order valence-electron chi connectivity index (χ1n) is 11.0. The van der Waals surface area contributed by atoms with Gasteiger partial charge in [-0.25, -0.2) is 17.2 Å². The van der Waals surface area contributed by atoms with Gasteiger partial charge in [-0.05, 0) is 50.1 Å². The minimum atomic E-state index is -4.05. The maximum Gasteiger partial charge on any atom is 0.244 e. The Hall–Kier alpha value is -3.21. The highest BCUT2D eigenvalue weighted by Gasteiger charge is 2.30. The SMILES string of the molecule is CC[C@@H](C)NC(=O)[C@H](C)N(Cc1cccc(OC)c1)C(=O)CN(c1ccc(F)c(F)c1)S(C)(=O)=O. The first-order valence-corrected chi connectivity index (χ1v) is 12.9. The molecule has 0 saturated carbocycles. The molecule has 192 valence electrons. The maximum atomic E-state index is 13.8. The molecule has 0 radical (unpaired) electrons. The Morgan fingerprint density at radius 1 is 1.09 bits per heavy atom. The third kappa shape index (κ3) is 7.64. The summed E-state index contributed by atoms with van der Waals surface area (Å²) in [5.41, 5.74) is 0.442. The number of methoxy groups -OCH3 is 1. The standard InChI is InChI=1S/C24H31F2N3O5S/c1-6-16(2)27-24(31)17(3)28(14-18-8-7-9-20(12-18)34-4)23(30)15-29(35(5,32)33)19-10-11-21(25)22(26)13-19/h7-13,16-17H,6,14-15H2,1-5H3,(H,27,31)/t16-,17+/m1/s1. The largest absolute Gasteiger partial charge is 0.497 e. The van der Waals surface area contributed by atoms with Crippen LogP contribution < -0.4 is 14.4 Å². The number of sulfonamides is 1. The number of ether oxygens (including phenoxy) is 1. The normalized spacial score (nSPS) is 13.0. The van der Waals surface area contributed by atoms with E-state index in [1.165, 1.54) is 18.9 Å². The van der Waals surface area contributed by atoms with Crippen LogP contribution in [0.5, 0.6) is 5.75 Å². The lowest BCUT2D eigenvalue weighted by molar-refractivity contribution is -0.139. The monoisotopic (exact) mass is 511 g/mol. The van der Waals surface area contributed by atoms with E-state index in [-0.39, 0.29) is 18.3 Å². The summed E-state index contributed by atoms with van der Waals surface area (Å²) in [6, 6.07) is 8.36. The Morgan fingerprint density at radius 2 is 1.77 bits per heavy atom. The van der Waals surface area contributed by atoms with Gasteiger partial charge in [0.1, 0.15) is 18.3 Å². The van der Waals surface area contributed by atoms with Crippen molar-refractivity contribution in [3.63, 3.8) is 0 Å². The van der Waals surface area contributed by atoms with Gasteiger partial charge in [0.15, 0.2) is 11.6 Å². The molecule has 2 amide bonds. The number of nitrogens with one attached hydrogen (secondary N) is 1. The van der Waals surface area contributed by atoms with Gasteiger partial charge in [-0.15, -0.1) is 0 Å². The summed E-state index contributed by atoms with van der Waals surface area (Å²) >= 11 is 0.